The predicted octanol–water partition coefficient (Wildman–Crippen LogP) is 0.288. The van der Waals surface area contributed by atoms with Crippen LogP contribution in [0.2, 0.25) is 0 Å². The van der Waals surface area contributed by atoms with E-state index in [0.717, 1.165) is 11.3 Å². The minimum absolute atomic E-state index is 0. The van der Waals surface area contributed by atoms with Gasteiger partial charge in [-0.05, 0) is 13.3 Å². The van der Waals surface area contributed by atoms with Crippen LogP contribution in [0.25, 0.3) is 11.2 Å². The largest absolute Gasteiger partial charge is 0.367 e. The average molecular weight is 319 g/mol. The van der Waals surface area contributed by atoms with Crippen molar-refractivity contribution in [1.82, 2.24) is 19.9 Å². The molecule has 2 rings (SSSR count). The molecular weight excluding hydrogens is 314 g/mol. The summed E-state index contributed by atoms with van der Waals surface area (Å²) in [5, 5.41) is 0. The van der Waals surface area contributed by atoms with E-state index >= 15 is 0 Å². The zero-order valence-corrected chi connectivity index (χ0v) is 8.54. The van der Waals surface area contributed by atoms with Gasteiger partial charge in [0.15, 0.2) is 0 Å². The number of rotatable bonds is 0. The molecule has 0 fully saturated rings. The van der Waals surface area contributed by atoms with E-state index in [1.807, 2.05) is 6.92 Å². The monoisotopic (exact) mass is 320 g/mol. The van der Waals surface area contributed by atoms with Gasteiger partial charge in [-0.2, -0.15) is 0 Å². The maximum atomic E-state index is 4.05. The van der Waals surface area contributed by atoms with Crippen LogP contribution >= 0.6 is 0 Å². The van der Waals surface area contributed by atoms with Crippen molar-refractivity contribution in [3.8, 4) is 0 Å². The van der Waals surface area contributed by atoms with Gasteiger partial charge < -0.3 is 15.0 Å². The maximum absolute atomic E-state index is 4.05. The standard InChI is InChI=1S/C6H5N4.Re/c1-4-7-2-5-6(10-4)9-3-8-5;/h2-3H,1H3;/q-1;. The molecule has 2 aromatic rings. The fourth-order valence-electron chi connectivity index (χ4n) is 0.784. The molecule has 0 N–H and O–H groups in total. The van der Waals surface area contributed by atoms with Crippen molar-refractivity contribution >= 4 is 11.2 Å². The Bertz CT molecular complexity index is 356. The smallest absolute Gasteiger partial charge is 0.0571 e. The van der Waals surface area contributed by atoms with Gasteiger partial charge in [-0.15, -0.1) is 0 Å². The fraction of sp³-hybridized carbons (Fsp3) is 0.167. The zero-order valence-electron chi connectivity index (χ0n) is 5.82. The van der Waals surface area contributed by atoms with Crippen LogP contribution in [0.5, 0.6) is 0 Å². The third-order valence-corrected chi connectivity index (χ3v) is 1.25. The molecule has 0 amide bonds. The van der Waals surface area contributed by atoms with E-state index in [-0.39, 0.29) is 20.4 Å². The van der Waals surface area contributed by atoms with Gasteiger partial charge in [-0.3, -0.25) is 4.98 Å². The van der Waals surface area contributed by atoms with E-state index in [2.05, 4.69) is 19.9 Å². The summed E-state index contributed by atoms with van der Waals surface area (Å²) in [5.41, 5.74) is 1.43. The minimum atomic E-state index is 0. The van der Waals surface area contributed by atoms with Crippen LogP contribution in [0.1, 0.15) is 5.82 Å². The molecule has 0 aromatic carbocycles. The van der Waals surface area contributed by atoms with Gasteiger partial charge in [0.05, 0.1) is 5.82 Å². The number of nitrogens with zero attached hydrogens (tertiary/aromatic N) is 4. The van der Waals surface area contributed by atoms with E-state index in [9.17, 15) is 0 Å². The van der Waals surface area contributed by atoms with Crippen molar-refractivity contribution in [3.63, 3.8) is 0 Å². The molecule has 2 aromatic heterocycles. The van der Waals surface area contributed by atoms with Crippen LogP contribution in [0.3, 0.4) is 0 Å². The summed E-state index contributed by atoms with van der Waals surface area (Å²) in [4.78, 5) is 15.9. The second-order valence-corrected chi connectivity index (χ2v) is 2.00. The quantitative estimate of drug-likeness (QED) is 0.700. The number of imidazole rings is 1. The van der Waals surface area contributed by atoms with Crippen molar-refractivity contribution in [3.05, 3.63) is 18.3 Å². The molecule has 5 heteroatoms. The molecule has 0 unspecified atom stereocenters. The van der Waals surface area contributed by atoms with E-state index in [0.29, 0.717) is 5.65 Å². The summed E-state index contributed by atoms with van der Waals surface area (Å²) >= 11 is 0. The zero-order chi connectivity index (χ0) is 6.97. The molecule has 1 radical (unpaired) electrons. The van der Waals surface area contributed by atoms with Crippen molar-refractivity contribution in [2.24, 2.45) is 0 Å². The van der Waals surface area contributed by atoms with Crippen molar-refractivity contribution in [2.45, 2.75) is 6.92 Å². The van der Waals surface area contributed by atoms with Crippen molar-refractivity contribution in [2.75, 3.05) is 0 Å². The third kappa shape index (κ3) is 1.44. The molecule has 0 saturated carbocycles. The van der Waals surface area contributed by atoms with Crippen molar-refractivity contribution < 1.29 is 20.4 Å². The Kier molecular flexibility index (Phi) is 2.32. The Labute approximate surface area is 77.1 Å². The number of aromatic nitrogens is 4. The number of fused-ring (bicyclic) bond motifs is 1. The molecular formula is C6H5N4Re-. The normalized spacial score (nSPS) is 9.55. The van der Waals surface area contributed by atoms with Crippen molar-refractivity contribution in [1.29, 1.82) is 0 Å². The van der Waals surface area contributed by atoms with Crippen LogP contribution in [-0.4, -0.2) is 15.0 Å². The van der Waals surface area contributed by atoms with Crippen LogP contribution in [0.4, 0.5) is 0 Å². The molecule has 11 heavy (non-hydrogen) atoms. The summed E-state index contributed by atoms with van der Waals surface area (Å²) in [5.74, 6) is 0.730. The molecule has 0 aliphatic rings. The fourth-order valence-corrected chi connectivity index (χ4v) is 0.784. The topological polar surface area (TPSA) is 52.8 Å². The summed E-state index contributed by atoms with van der Waals surface area (Å²) < 4.78 is 0. The molecule has 2 heterocycles. The first kappa shape index (κ1) is 8.31. The van der Waals surface area contributed by atoms with Crippen LogP contribution in [-0.2, 0) is 20.4 Å². The summed E-state index contributed by atoms with van der Waals surface area (Å²) in [6.07, 6.45) is 3.16. The predicted molar refractivity (Wildman–Crippen MR) is 35.4 cm³/mol. The molecule has 0 aliphatic carbocycles. The van der Waals surface area contributed by atoms with Crippen LogP contribution in [0.15, 0.2) is 12.5 Å². The molecule has 0 aliphatic heterocycles. The minimum Gasteiger partial charge on any atom is -0.367 e. The van der Waals surface area contributed by atoms with Gasteiger partial charge in [0.2, 0.25) is 0 Å². The first-order chi connectivity index (χ1) is 4.86. The van der Waals surface area contributed by atoms with E-state index < -0.39 is 0 Å². The summed E-state index contributed by atoms with van der Waals surface area (Å²) in [6.45, 7) is 1.83. The number of hydrogen-bond donors (Lipinski definition) is 0. The summed E-state index contributed by atoms with van der Waals surface area (Å²) in [7, 11) is 0. The van der Waals surface area contributed by atoms with E-state index in [4.69, 9.17) is 0 Å². The Balaban J connectivity index is 0.000000605. The maximum Gasteiger partial charge on any atom is 0.0571 e. The summed E-state index contributed by atoms with van der Waals surface area (Å²) in [6, 6.07) is 0. The third-order valence-electron chi connectivity index (χ3n) is 1.25. The average Bonchev–Trinajstić information content (AvgIpc) is 2.33. The van der Waals surface area contributed by atoms with Gasteiger partial charge in [-0.1, -0.05) is 0 Å². The second kappa shape index (κ2) is 3.08. The SMILES string of the molecule is Cc1ncc2nc[n-]c2n1.[Re]. The van der Waals surface area contributed by atoms with Gasteiger partial charge in [0.1, 0.15) is 0 Å². The van der Waals surface area contributed by atoms with E-state index in [1.165, 1.54) is 6.33 Å². The molecule has 57 valence electrons. The Morgan fingerprint density at radius 2 is 2.18 bits per heavy atom. The first-order valence-corrected chi connectivity index (χ1v) is 2.93. The molecule has 0 saturated heterocycles. The van der Waals surface area contributed by atoms with Gasteiger partial charge in [0.25, 0.3) is 0 Å². The van der Waals surface area contributed by atoms with E-state index in [1.54, 1.807) is 6.20 Å². The van der Waals surface area contributed by atoms with Gasteiger partial charge >= 0.3 is 0 Å². The van der Waals surface area contributed by atoms with Crippen LogP contribution in [0, 0.1) is 6.92 Å². The Morgan fingerprint density at radius 1 is 1.36 bits per heavy atom. The Morgan fingerprint density at radius 3 is 3.00 bits per heavy atom. The first-order valence-electron chi connectivity index (χ1n) is 2.93. The molecule has 0 spiro atoms. The molecule has 4 nitrogen and oxygen atoms in total. The number of hydrogen-bond acceptors (Lipinski definition) is 3. The molecule has 0 bridgehead atoms. The molecule has 0 atom stereocenters. The number of aryl methyl sites for hydroxylation is 1. The van der Waals surface area contributed by atoms with Gasteiger partial charge in [-0.25, -0.2) is 0 Å². The second-order valence-electron chi connectivity index (χ2n) is 2.00. The Hall–Kier alpha value is -0.788. The van der Waals surface area contributed by atoms with Gasteiger partial charge in [0, 0.05) is 37.8 Å². The van der Waals surface area contributed by atoms with Crippen LogP contribution < -0.4 is 4.98 Å².